The fourth-order valence-electron chi connectivity index (χ4n) is 3.74. The smallest absolute Gasteiger partial charge is 0.238 e. The van der Waals surface area contributed by atoms with Gasteiger partial charge in [-0.1, -0.05) is 19.8 Å². The van der Waals surface area contributed by atoms with Gasteiger partial charge in [-0.25, -0.2) is 0 Å². The van der Waals surface area contributed by atoms with E-state index in [-0.39, 0.29) is 11.4 Å². The van der Waals surface area contributed by atoms with Gasteiger partial charge in [-0.2, -0.15) is 0 Å². The second-order valence-corrected chi connectivity index (χ2v) is 5.38. The molecular formula is C13H25N3O. The number of hydrogen-bond donors (Lipinski definition) is 2. The summed E-state index contributed by atoms with van der Waals surface area (Å²) in [6, 6.07) is 0. The Morgan fingerprint density at radius 3 is 2.94 bits per heavy atom. The van der Waals surface area contributed by atoms with Crippen molar-refractivity contribution in [1.82, 2.24) is 10.2 Å². The van der Waals surface area contributed by atoms with E-state index >= 15 is 0 Å². The minimum absolute atomic E-state index is 0.0937. The van der Waals surface area contributed by atoms with Gasteiger partial charge in [-0.3, -0.25) is 9.69 Å². The molecule has 2 fully saturated rings. The lowest BCUT2D eigenvalue weighted by atomic mass is 9.82. The van der Waals surface area contributed by atoms with Crippen molar-refractivity contribution >= 4 is 5.91 Å². The van der Waals surface area contributed by atoms with Gasteiger partial charge in [0.25, 0.3) is 0 Å². The zero-order chi connectivity index (χ0) is 12.3. The summed E-state index contributed by atoms with van der Waals surface area (Å²) in [6.07, 6.45) is 5.44. The third-order valence-electron chi connectivity index (χ3n) is 4.61. The van der Waals surface area contributed by atoms with Crippen molar-refractivity contribution < 1.29 is 4.79 Å². The van der Waals surface area contributed by atoms with Crippen molar-refractivity contribution in [1.29, 1.82) is 0 Å². The molecule has 1 saturated carbocycles. The van der Waals surface area contributed by atoms with Gasteiger partial charge in [0.1, 0.15) is 5.54 Å². The summed E-state index contributed by atoms with van der Waals surface area (Å²) in [5.41, 5.74) is 5.43. The Kier molecular flexibility index (Phi) is 4.05. The Morgan fingerprint density at radius 2 is 2.24 bits per heavy atom. The summed E-state index contributed by atoms with van der Waals surface area (Å²) in [6.45, 7) is 6.18. The highest BCUT2D eigenvalue weighted by atomic mass is 16.1. The van der Waals surface area contributed by atoms with Crippen LogP contribution in [0.5, 0.6) is 0 Å². The van der Waals surface area contributed by atoms with Gasteiger partial charge >= 0.3 is 0 Å². The Bertz CT molecular complexity index is 274. The number of carbonyl (C=O) groups is 1. The molecule has 1 aliphatic heterocycles. The van der Waals surface area contributed by atoms with Crippen LogP contribution >= 0.6 is 0 Å². The van der Waals surface area contributed by atoms with E-state index < -0.39 is 0 Å². The number of nitrogens with one attached hydrogen (secondary N) is 1. The average molecular weight is 239 g/mol. The molecule has 2 atom stereocenters. The Morgan fingerprint density at radius 1 is 1.41 bits per heavy atom. The van der Waals surface area contributed by atoms with Gasteiger partial charge in [-0.15, -0.1) is 0 Å². The number of primary amides is 1. The number of carbonyl (C=O) groups excluding carboxylic acids is 1. The maximum atomic E-state index is 12.1. The summed E-state index contributed by atoms with van der Waals surface area (Å²) in [5.74, 6) is 0.363. The van der Waals surface area contributed by atoms with Gasteiger partial charge in [0.15, 0.2) is 0 Å². The SMILES string of the molecule is CCC1CCCC1(C(N)=O)N1CCCNCC1. The van der Waals surface area contributed by atoms with Crippen LogP contribution in [0.3, 0.4) is 0 Å². The normalized spacial score (nSPS) is 35.7. The molecule has 1 amide bonds. The van der Waals surface area contributed by atoms with Crippen molar-refractivity contribution in [3.05, 3.63) is 0 Å². The molecule has 1 saturated heterocycles. The van der Waals surface area contributed by atoms with Crippen LogP contribution in [0.25, 0.3) is 0 Å². The van der Waals surface area contributed by atoms with E-state index in [9.17, 15) is 4.79 Å². The molecule has 98 valence electrons. The lowest BCUT2D eigenvalue weighted by Gasteiger charge is -2.42. The number of rotatable bonds is 3. The molecule has 2 aliphatic rings. The van der Waals surface area contributed by atoms with Crippen LogP contribution in [0.15, 0.2) is 0 Å². The second kappa shape index (κ2) is 5.36. The molecule has 0 radical (unpaired) electrons. The zero-order valence-corrected chi connectivity index (χ0v) is 10.9. The molecule has 0 spiro atoms. The Labute approximate surface area is 104 Å². The van der Waals surface area contributed by atoms with E-state index in [2.05, 4.69) is 17.1 Å². The fraction of sp³-hybridized carbons (Fsp3) is 0.923. The molecule has 2 unspecified atom stereocenters. The molecule has 0 bridgehead atoms. The van der Waals surface area contributed by atoms with E-state index in [0.29, 0.717) is 5.92 Å². The summed E-state index contributed by atoms with van der Waals surface area (Å²) >= 11 is 0. The Hall–Kier alpha value is -0.610. The lowest BCUT2D eigenvalue weighted by molar-refractivity contribution is -0.133. The minimum atomic E-state index is -0.346. The monoisotopic (exact) mass is 239 g/mol. The van der Waals surface area contributed by atoms with Crippen LogP contribution in [0, 0.1) is 5.92 Å². The lowest BCUT2D eigenvalue weighted by Crippen LogP contribution is -2.60. The van der Waals surface area contributed by atoms with Gasteiger partial charge in [0, 0.05) is 19.6 Å². The quantitative estimate of drug-likeness (QED) is 0.763. The largest absolute Gasteiger partial charge is 0.368 e. The highest BCUT2D eigenvalue weighted by Gasteiger charge is 2.50. The van der Waals surface area contributed by atoms with E-state index in [1.54, 1.807) is 0 Å². The van der Waals surface area contributed by atoms with Crippen molar-refractivity contribution in [3.8, 4) is 0 Å². The summed E-state index contributed by atoms with van der Waals surface area (Å²) < 4.78 is 0. The summed E-state index contributed by atoms with van der Waals surface area (Å²) in [7, 11) is 0. The molecule has 0 aromatic carbocycles. The predicted molar refractivity (Wildman–Crippen MR) is 68.6 cm³/mol. The van der Waals surface area contributed by atoms with Gasteiger partial charge in [0.2, 0.25) is 5.91 Å². The van der Waals surface area contributed by atoms with Crippen LogP contribution in [-0.4, -0.2) is 42.5 Å². The Balaban J connectivity index is 2.23. The predicted octanol–water partition coefficient (Wildman–Crippen LogP) is 0.716. The number of nitrogens with zero attached hydrogens (tertiary/aromatic N) is 1. The summed E-state index contributed by atoms with van der Waals surface area (Å²) in [4.78, 5) is 14.4. The standard InChI is InChI=1S/C13H25N3O/c1-2-11-5-3-6-13(11,12(14)17)16-9-4-7-15-8-10-16/h11,15H,2-10H2,1H3,(H2,14,17). The first-order valence-electron chi connectivity index (χ1n) is 6.97. The maximum Gasteiger partial charge on any atom is 0.238 e. The highest BCUT2D eigenvalue weighted by Crippen LogP contribution is 2.42. The van der Waals surface area contributed by atoms with Crippen LogP contribution in [0.2, 0.25) is 0 Å². The molecule has 1 heterocycles. The molecule has 4 heteroatoms. The minimum Gasteiger partial charge on any atom is -0.368 e. The number of nitrogens with two attached hydrogens (primary N) is 1. The first-order valence-corrected chi connectivity index (χ1v) is 6.97. The zero-order valence-electron chi connectivity index (χ0n) is 10.9. The molecular weight excluding hydrogens is 214 g/mol. The second-order valence-electron chi connectivity index (χ2n) is 5.38. The molecule has 2 rings (SSSR count). The number of amides is 1. The van der Waals surface area contributed by atoms with Gasteiger partial charge in [-0.05, 0) is 31.7 Å². The number of hydrogen-bond acceptors (Lipinski definition) is 3. The molecule has 4 nitrogen and oxygen atoms in total. The van der Waals surface area contributed by atoms with Crippen LogP contribution in [-0.2, 0) is 4.79 Å². The van der Waals surface area contributed by atoms with Crippen LogP contribution in [0.4, 0.5) is 0 Å². The molecule has 3 N–H and O–H groups in total. The van der Waals surface area contributed by atoms with E-state index in [1.165, 1.54) is 0 Å². The topological polar surface area (TPSA) is 58.4 Å². The van der Waals surface area contributed by atoms with Crippen molar-refractivity contribution in [2.24, 2.45) is 11.7 Å². The molecule has 0 aromatic heterocycles. The van der Waals surface area contributed by atoms with Crippen LogP contribution in [0.1, 0.15) is 39.0 Å². The van der Waals surface area contributed by atoms with E-state index in [1.807, 2.05) is 0 Å². The summed E-state index contributed by atoms with van der Waals surface area (Å²) in [5, 5.41) is 3.40. The highest BCUT2D eigenvalue weighted by molar-refractivity contribution is 5.85. The van der Waals surface area contributed by atoms with Crippen molar-refractivity contribution in [2.75, 3.05) is 26.2 Å². The molecule has 1 aliphatic carbocycles. The van der Waals surface area contributed by atoms with Crippen molar-refractivity contribution in [3.63, 3.8) is 0 Å². The van der Waals surface area contributed by atoms with Crippen molar-refractivity contribution in [2.45, 2.75) is 44.6 Å². The third kappa shape index (κ3) is 2.20. The average Bonchev–Trinajstić information content (AvgIpc) is 2.57. The fourth-order valence-corrected chi connectivity index (χ4v) is 3.74. The van der Waals surface area contributed by atoms with Crippen LogP contribution < -0.4 is 11.1 Å². The first-order chi connectivity index (χ1) is 8.21. The van der Waals surface area contributed by atoms with E-state index in [0.717, 1.165) is 58.3 Å². The third-order valence-corrected chi connectivity index (χ3v) is 4.61. The maximum absolute atomic E-state index is 12.1. The van der Waals surface area contributed by atoms with E-state index in [4.69, 9.17) is 5.73 Å². The van der Waals surface area contributed by atoms with Gasteiger partial charge in [0.05, 0.1) is 0 Å². The first kappa shape index (κ1) is 12.8. The molecule has 17 heavy (non-hydrogen) atoms. The molecule has 0 aromatic rings. The van der Waals surface area contributed by atoms with Gasteiger partial charge < -0.3 is 11.1 Å².